The third-order valence-electron chi connectivity index (χ3n) is 10.8. The van der Waals surface area contributed by atoms with E-state index in [1.54, 1.807) is 0 Å². The average Bonchev–Trinajstić information content (AvgIpc) is 3.80. The van der Waals surface area contributed by atoms with Crippen molar-refractivity contribution in [3.63, 3.8) is 0 Å². The molecular formula is C51H33N5. The van der Waals surface area contributed by atoms with Crippen molar-refractivity contribution in [3.8, 4) is 56.7 Å². The molecule has 0 N–H and O–H groups in total. The summed E-state index contributed by atoms with van der Waals surface area (Å²) in [5, 5.41) is 4.69. The monoisotopic (exact) mass is 715 g/mol. The van der Waals surface area contributed by atoms with Crippen LogP contribution >= 0.6 is 0 Å². The molecule has 5 nitrogen and oxygen atoms in total. The van der Waals surface area contributed by atoms with Gasteiger partial charge in [-0.25, -0.2) is 4.98 Å². The van der Waals surface area contributed by atoms with Gasteiger partial charge in [-0.15, -0.1) is 0 Å². The molecule has 0 atom stereocenters. The Kier molecular flexibility index (Phi) is 7.42. The highest BCUT2D eigenvalue weighted by Crippen LogP contribution is 2.47. The van der Waals surface area contributed by atoms with Crippen LogP contribution in [0.2, 0.25) is 0 Å². The van der Waals surface area contributed by atoms with Crippen LogP contribution < -0.4 is 0 Å². The minimum atomic E-state index is 0.570. The Morgan fingerprint density at radius 3 is 1.48 bits per heavy atom. The first kappa shape index (κ1) is 31.9. The fourth-order valence-electron chi connectivity index (χ4n) is 8.37. The van der Waals surface area contributed by atoms with Crippen LogP contribution in [0, 0.1) is 0 Å². The van der Waals surface area contributed by atoms with Crippen LogP contribution in [0.15, 0.2) is 200 Å². The second-order valence-electron chi connectivity index (χ2n) is 14.0. The minimum Gasteiger partial charge on any atom is -0.309 e. The highest BCUT2D eigenvalue weighted by atomic mass is 15.2. The quantitative estimate of drug-likeness (QED) is 0.172. The number of rotatable bonds is 6. The number of hydrogen-bond acceptors (Lipinski definition) is 3. The number of fused-ring (bicyclic) bond motifs is 6. The topological polar surface area (TPSA) is 48.5 Å². The van der Waals surface area contributed by atoms with Gasteiger partial charge in [0.2, 0.25) is 5.95 Å². The molecule has 3 aromatic heterocycles. The molecule has 8 aromatic carbocycles. The van der Waals surface area contributed by atoms with Gasteiger partial charge in [0.05, 0.1) is 22.1 Å². The van der Waals surface area contributed by atoms with E-state index in [0.717, 1.165) is 49.7 Å². The van der Waals surface area contributed by atoms with E-state index in [1.165, 1.54) is 32.9 Å². The van der Waals surface area contributed by atoms with Crippen molar-refractivity contribution in [2.24, 2.45) is 0 Å². The lowest BCUT2D eigenvalue weighted by atomic mass is 9.89. The van der Waals surface area contributed by atoms with Crippen LogP contribution in [-0.2, 0) is 0 Å². The molecule has 0 aliphatic rings. The first-order chi connectivity index (χ1) is 27.8. The lowest BCUT2D eigenvalue weighted by Gasteiger charge is -2.17. The Morgan fingerprint density at radius 1 is 0.321 bits per heavy atom. The van der Waals surface area contributed by atoms with E-state index >= 15 is 0 Å². The number of aromatic nitrogens is 5. The van der Waals surface area contributed by atoms with E-state index in [2.05, 4.69) is 173 Å². The zero-order chi connectivity index (χ0) is 37.0. The third kappa shape index (κ3) is 5.06. The van der Waals surface area contributed by atoms with Gasteiger partial charge in [0.25, 0.3) is 0 Å². The summed E-state index contributed by atoms with van der Waals surface area (Å²) >= 11 is 0. The Hall–Kier alpha value is -7.63. The van der Waals surface area contributed by atoms with Crippen molar-refractivity contribution in [2.45, 2.75) is 0 Å². The lowest BCUT2D eigenvalue weighted by Crippen LogP contribution is -2.06. The van der Waals surface area contributed by atoms with Crippen LogP contribution in [0.1, 0.15) is 0 Å². The molecule has 0 saturated heterocycles. The Bertz CT molecular complexity index is 3160. The summed E-state index contributed by atoms with van der Waals surface area (Å²) in [6.07, 6.45) is 0. The number of hydrogen-bond donors (Lipinski definition) is 0. The van der Waals surface area contributed by atoms with Gasteiger partial charge in [0.1, 0.15) is 0 Å². The molecule has 0 bridgehead atoms. The smallest absolute Gasteiger partial charge is 0.238 e. The van der Waals surface area contributed by atoms with Crippen molar-refractivity contribution in [1.29, 1.82) is 0 Å². The van der Waals surface area contributed by atoms with Crippen LogP contribution in [0.3, 0.4) is 0 Å². The maximum atomic E-state index is 5.21. The standard InChI is InChI=1S/C51H33N5/c1-5-18-34(19-6-1)38-32-33-40-39-26-13-15-29-43(39)55(37-24-11-4-12-25-37)48(40)47(38)42-28-17-31-45-46(42)41-27-14-16-30-44(41)56(45)51-53-49(35-20-7-2-8-21-35)52-50(54-51)36-22-9-3-10-23-36/h1-33H. The lowest BCUT2D eigenvalue weighted by molar-refractivity contribution is 0.953. The molecule has 262 valence electrons. The largest absolute Gasteiger partial charge is 0.309 e. The van der Waals surface area contributed by atoms with Gasteiger partial charge in [0, 0.05) is 43.9 Å². The molecular weight excluding hydrogens is 683 g/mol. The van der Waals surface area contributed by atoms with Crippen molar-refractivity contribution in [2.75, 3.05) is 0 Å². The molecule has 0 aliphatic carbocycles. The van der Waals surface area contributed by atoms with Gasteiger partial charge < -0.3 is 4.57 Å². The summed E-state index contributed by atoms with van der Waals surface area (Å²) in [7, 11) is 0. The maximum Gasteiger partial charge on any atom is 0.238 e. The second-order valence-corrected chi connectivity index (χ2v) is 14.0. The Morgan fingerprint density at radius 2 is 0.839 bits per heavy atom. The minimum absolute atomic E-state index is 0.570. The Balaban J connectivity index is 1.28. The van der Waals surface area contributed by atoms with Gasteiger partial charge in [-0.2, -0.15) is 9.97 Å². The van der Waals surface area contributed by atoms with E-state index in [-0.39, 0.29) is 0 Å². The fourth-order valence-corrected chi connectivity index (χ4v) is 8.37. The van der Waals surface area contributed by atoms with Crippen molar-refractivity contribution >= 4 is 43.6 Å². The zero-order valence-corrected chi connectivity index (χ0v) is 30.3. The van der Waals surface area contributed by atoms with E-state index in [1.807, 2.05) is 36.4 Å². The van der Waals surface area contributed by atoms with Crippen molar-refractivity contribution < 1.29 is 0 Å². The molecule has 0 spiro atoms. The first-order valence-electron chi connectivity index (χ1n) is 18.9. The highest BCUT2D eigenvalue weighted by Gasteiger charge is 2.25. The summed E-state index contributed by atoms with van der Waals surface area (Å²) in [4.78, 5) is 15.4. The van der Waals surface area contributed by atoms with Gasteiger partial charge >= 0.3 is 0 Å². The molecule has 5 heteroatoms. The summed E-state index contributed by atoms with van der Waals surface area (Å²) in [6.45, 7) is 0. The molecule has 0 unspecified atom stereocenters. The van der Waals surface area contributed by atoms with Crippen LogP contribution in [-0.4, -0.2) is 24.1 Å². The average molecular weight is 716 g/mol. The van der Waals surface area contributed by atoms with E-state index in [9.17, 15) is 0 Å². The molecule has 0 aliphatic heterocycles. The van der Waals surface area contributed by atoms with Crippen molar-refractivity contribution in [3.05, 3.63) is 200 Å². The summed E-state index contributed by atoms with van der Waals surface area (Å²) in [6, 6.07) is 70.4. The molecule has 0 fully saturated rings. The molecule has 3 heterocycles. The normalized spacial score (nSPS) is 11.6. The predicted octanol–water partition coefficient (Wildman–Crippen LogP) is 12.7. The third-order valence-corrected chi connectivity index (χ3v) is 10.8. The molecule has 0 amide bonds. The Labute approximate surface area is 323 Å². The molecule has 56 heavy (non-hydrogen) atoms. The van der Waals surface area contributed by atoms with E-state index < -0.39 is 0 Å². The SMILES string of the molecule is c1ccc(-c2nc(-c3ccccc3)nc(-n3c4ccccc4c4c(-c5c(-c6ccccc6)ccc6c7ccccc7n(-c7ccccc7)c56)cccc43)n2)cc1. The molecule has 0 radical (unpaired) electrons. The number of benzene rings is 8. The van der Waals surface area contributed by atoms with E-state index in [4.69, 9.17) is 15.0 Å². The highest BCUT2D eigenvalue weighted by molar-refractivity contribution is 6.22. The van der Waals surface area contributed by atoms with Crippen molar-refractivity contribution in [1.82, 2.24) is 24.1 Å². The molecule has 11 aromatic rings. The van der Waals surface area contributed by atoms with Gasteiger partial charge in [0.15, 0.2) is 11.6 Å². The summed E-state index contributed by atoms with van der Waals surface area (Å²) < 4.78 is 4.65. The predicted molar refractivity (Wildman–Crippen MR) is 230 cm³/mol. The number of para-hydroxylation sites is 3. The van der Waals surface area contributed by atoms with Crippen LogP contribution in [0.4, 0.5) is 0 Å². The van der Waals surface area contributed by atoms with E-state index in [0.29, 0.717) is 17.6 Å². The second kappa shape index (κ2) is 13.0. The molecule has 11 rings (SSSR count). The molecule has 0 saturated carbocycles. The van der Waals surface area contributed by atoms with Crippen LogP contribution in [0.5, 0.6) is 0 Å². The van der Waals surface area contributed by atoms with Crippen LogP contribution in [0.25, 0.3) is 100 Å². The fraction of sp³-hybridized carbons (Fsp3) is 0. The summed E-state index contributed by atoms with van der Waals surface area (Å²) in [5.41, 5.74) is 12.0. The van der Waals surface area contributed by atoms with Gasteiger partial charge in [-0.3, -0.25) is 4.57 Å². The summed E-state index contributed by atoms with van der Waals surface area (Å²) in [5.74, 6) is 1.82. The maximum absolute atomic E-state index is 5.21. The van der Waals surface area contributed by atoms with Gasteiger partial charge in [-0.1, -0.05) is 170 Å². The van der Waals surface area contributed by atoms with Gasteiger partial charge in [-0.05, 0) is 47.0 Å². The zero-order valence-electron chi connectivity index (χ0n) is 30.3. The number of nitrogens with zero attached hydrogens (tertiary/aromatic N) is 5. The first-order valence-corrected chi connectivity index (χ1v) is 18.9.